The highest BCUT2D eigenvalue weighted by Crippen LogP contribution is 2.28. The molecule has 0 saturated carbocycles. The zero-order valence-electron chi connectivity index (χ0n) is 11.7. The second-order valence-electron chi connectivity index (χ2n) is 4.92. The van der Waals surface area contributed by atoms with Crippen LogP contribution in [0, 0.1) is 6.92 Å². The Morgan fingerprint density at radius 1 is 1.21 bits per heavy atom. The number of aromatic amines is 1. The van der Waals surface area contributed by atoms with E-state index in [1.807, 2.05) is 6.07 Å². The summed E-state index contributed by atoms with van der Waals surface area (Å²) in [6.07, 6.45) is 3.32. The van der Waals surface area contributed by atoms with E-state index >= 15 is 0 Å². The molecular formula is C16H19N2O+. The van der Waals surface area contributed by atoms with Crippen molar-refractivity contribution in [3.05, 3.63) is 36.2 Å². The monoisotopic (exact) mass is 255 g/mol. The van der Waals surface area contributed by atoms with Gasteiger partial charge >= 0.3 is 0 Å². The van der Waals surface area contributed by atoms with Gasteiger partial charge in [0.2, 0.25) is 5.69 Å². The topological polar surface area (TPSA) is 28.9 Å². The van der Waals surface area contributed by atoms with Crippen LogP contribution in [0.4, 0.5) is 0 Å². The van der Waals surface area contributed by atoms with Gasteiger partial charge in [-0.15, -0.1) is 0 Å². The van der Waals surface area contributed by atoms with Crippen molar-refractivity contribution < 1.29 is 9.30 Å². The predicted octanol–water partition coefficient (Wildman–Crippen LogP) is 3.34. The molecule has 0 fully saturated rings. The average molecular weight is 255 g/mol. The average Bonchev–Trinajstić information content (AvgIpc) is 2.80. The summed E-state index contributed by atoms with van der Waals surface area (Å²) in [6.45, 7) is 5.43. The second-order valence-corrected chi connectivity index (χ2v) is 4.92. The van der Waals surface area contributed by atoms with Gasteiger partial charge in [-0.1, -0.05) is 6.92 Å². The van der Waals surface area contributed by atoms with E-state index in [0.29, 0.717) is 0 Å². The Kier molecular flexibility index (Phi) is 2.90. The predicted molar refractivity (Wildman–Crippen MR) is 77.6 cm³/mol. The lowest BCUT2D eigenvalue weighted by Gasteiger charge is -1.99. The van der Waals surface area contributed by atoms with Gasteiger partial charge in [-0.25, -0.2) is 4.57 Å². The van der Waals surface area contributed by atoms with Gasteiger partial charge in [0.1, 0.15) is 17.8 Å². The lowest BCUT2D eigenvalue weighted by Crippen LogP contribution is -2.36. The van der Waals surface area contributed by atoms with Crippen molar-refractivity contribution in [2.45, 2.75) is 26.8 Å². The Labute approximate surface area is 112 Å². The number of H-pyrrole nitrogens is 1. The van der Waals surface area contributed by atoms with Gasteiger partial charge in [0.05, 0.1) is 12.6 Å². The van der Waals surface area contributed by atoms with Crippen LogP contribution in [0.5, 0.6) is 5.75 Å². The Morgan fingerprint density at radius 2 is 2.05 bits per heavy atom. The smallest absolute Gasteiger partial charge is 0.202 e. The first-order chi connectivity index (χ1) is 9.24. The SMILES string of the molecule is CCC[n+]1ccc2c([nH]c3cc(OC)ccc32)c1C. The number of rotatable bonds is 3. The van der Waals surface area contributed by atoms with Crippen molar-refractivity contribution in [1.82, 2.24) is 4.98 Å². The van der Waals surface area contributed by atoms with Crippen LogP contribution in [-0.2, 0) is 6.54 Å². The van der Waals surface area contributed by atoms with E-state index in [0.717, 1.165) is 24.2 Å². The first kappa shape index (κ1) is 12.0. The van der Waals surface area contributed by atoms with Gasteiger partial charge < -0.3 is 9.72 Å². The molecule has 2 heterocycles. The number of methoxy groups -OCH3 is 1. The van der Waals surface area contributed by atoms with Crippen LogP contribution in [-0.4, -0.2) is 12.1 Å². The fraction of sp³-hybridized carbons (Fsp3) is 0.312. The largest absolute Gasteiger partial charge is 0.497 e. The van der Waals surface area contributed by atoms with E-state index in [9.17, 15) is 0 Å². The van der Waals surface area contributed by atoms with E-state index in [1.165, 1.54) is 22.0 Å². The fourth-order valence-electron chi connectivity index (χ4n) is 2.69. The molecule has 0 atom stereocenters. The number of hydrogen-bond donors (Lipinski definition) is 1. The summed E-state index contributed by atoms with van der Waals surface area (Å²) in [5.41, 5.74) is 3.64. The lowest BCUT2D eigenvalue weighted by molar-refractivity contribution is -0.701. The molecular weight excluding hydrogens is 236 g/mol. The molecule has 3 nitrogen and oxygen atoms in total. The van der Waals surface area contributed by atoms with Gasteiger partial charge in [0, 0.05) is 36.2 Å². The Bertz CT molecular complexity index is 743. The molecule has 1 aromatic carbocycles. The highest BCUT2D eigenvalue weighted by molar-refractivity contribution is 6.07. The Morgan fingerprint density at radius 3 is 2.79 bits per heavy atom. The Balaban J connectivity index is 2.29. The summed E-state index contributed by atoms with van der Waals surface area (Å²) in [5, 5.41) is 2.53. The molecule has 0 spiro atoms. The molecule has 0 saturated heterocycles. The van der Waals surface area contributed by atoms with Gasteiger partial charge in [-0.2, -0.15) is 0 Å². The second kappa shape index (κ2) is 4.57. The van der Waals surface area contributed by atoms with Crippen molar-refractivity contribution in [3.8, 4) is 5.75 Å². The van der Waals surface area contributed by atoms with Crippen molar-refractivity contribution in [2.24, 2.45) is 0 Å². The minimum Gasteiger partial charge on any atom is -0.497 e. The highest BCUT2D eigenvalue weighted by Gasteiger charge is 2.14. The molecule has 1 N–H and O–H groups in total. The molecule has 2 aromatic heterocycles. The third-order valence-electron chi connectivity index (χ3n) is 3.72. The fourth-order valence-corrected chi connectivity index (χ4v) is 2.69. The van der Waals surface area contributed by atoms with E-state index in [2.05, 4.69) is 47.8 Å². The first-order valence-electron chi connectivity index (χ1n) is 6.73. The first-order valence-corrected chi connectivity index (χ1v) is 6.73. The summed E-state index contributed by atoms with van der Waals surface area (Å²) in [4.78, 5) is 3.52. The zero-order chi connectivity index (χ0) is 13.4. The molecule has 0 radical (unpaired) electrons. The van der Waals surface area contributed by atoms with E-state index in [-0.39, 0.29) is 0 Å². The number of hydrogen-bond acceptors (Lipinski definition) is 1. The van der Waals surface area contributed by atoms with Crippen LogP contribution < -0.4 is 9.30 Å². The third-order valence-corrected chi connectivity index (χ3v) is 3.72. The van der Waals surface area contributed by atoms with Crippen LogP contribution in [0.3, 0.4) is 0 Å². The number of nitrogens with one attached hydrogen (secondary N) is 1. The minimum atomic E-state index is 0.887. The molecule has 3 aromatic rings. The van der Waals surface area contributed by atoms with Gasteiger partial charge in [0.25, 0.3) is 0 Å². The minimum absolute atomic E-state index is 0.887. The summed E-state index contributed by atoms with van der Waals surface area (Å²) in [7, 11) is 1.70. The maximum Gasteiger partial charge on any atom is 0.202 e. The molecule has 0 amide bonds. The van der Waals surface area contributed by atoms with E-state index < -0.39 is 0 Å². The lowest BCUT2D eigenvalue weighted by atomic mass is 10.1. The van der Waals surface area contributed by atoms with Gasteiger partial charge in [-0.3, -0.25) is 0 Å². The number of nitrogens with zero attached hydrogens (tertiary/aromatic N) is 1. The Hall–Kier alpha value is -2.03. The van der Waals surface area contributed by atoms with E-state index in [4.69, 9.17) is 4.74 Å². The zero-order valence-corrected chi connectivity index (χ0v) is 11.7. The van der Waals surface area contributed by atoms with Crippen molar-refractivity contribution in [1.29, 1.82) is 0 Å². The molecule has 19 heavy (non-hydrogen) atoms. The number of benzene rings is 1. The molecule has 0 unspecified atom stereocenters. The molecule has 0 aliphatic carbocycles. The number of aromatic nitrogens is 2. The maximum atomic E-state index is 5.29. The summed E-state index contributed by atoms with van der Waals surface area (Å²) in [5.74, 6) is 0.887. The van der Waals surface area contributed by atoms with Crippen LogP contribution in [0.2, 0.25) is 0 Å². The molecule has 0 aliphatic heterocycles. The molecule has 3 rings (SSSR count). The highest BCUT2D eigenvalue weighted by atomic mass is 16.5. The molecule has 98 valence electrons. The molecule has 3 heteroatoms. The van der Waals surface area contributed by atoms with Gasteiger partial charge in [0.15, 0.2) is 6.20 Å². The van der Waals surface area contributed by atoms with Crippen LogP contribution >= 0.6 is 0 Å². The van der Waals surface area contributed by atoms with Crippen molar-refractivity contribution in [3.63, 3.8) is 0 Å². The number of ether oxygens (including phenoxy) is 1. The van der Waals surface area contributed by atoms with Crippen LogP contribution in [0.25, 0.3) is 21.8 Å². The van der Waals surface area contributed by atoms with Crippen LogP contribution in [0.15, 0.2) is 30.5 Å². The van der Waals surface area contributed by atoms with Crippen LogP contribution in [0.1, 0.15) is 19.0 Å². The molecule has 0 bridgehead atoms. The normalized spacial score (nSPS) is 11.3. The summed E-state index contributed by atoms with van der Waals surface area (Å²) >= 11 is 0. The maximum absolute atomic E-state index is 5.29. The number of aryl methyl sites for hydroxylation is 2. The summed E-state index contributed by atoms with van der Waals surface area (Å²) in [6, 6.07) is 8.39. The third kappa shape index (κ3) is 1.86. The summed E-state index contributed by atoms with van der Waals surface area (Å²) < 4.78 is 7.59. The standard InChI is InChI=1S/C16H18N2O/c1-4-8-18-9-7-14-13-6-5-12(19-3)10-15(13)17-16(14)11(18)2/h5-7,9-10H,4,8H2,1-3H3/p+1. The van der Waals surface area contributed by atoms with Crippen molar-refractivity contribution in [2.75, 3.05) is 7.11 Å². The molecule has 0 aliphatic rings. The number of pyridine rings is 1. The number of fused-ring (bicyclic) bond motifs is 3. The van der Waals surface area contributed by atoms with E-state index in [1.54, 1.807) is 7.11 Å². The van der Waals surface area contributed by atoms with Gasteiger partial charge in [-0.05, 0) is 12.1 Å². The van der Waals surface area contributed by atoms with Crippen molar-refractivity contribution >= 4 is 21.8 Å². The quantitative estimate of drug-likeness (QED) is 0.714.